The molecule has 6 aromatic carbocycles. The van der Waals surface area contributed by atoms with Gasteiger partial charge in [-0.05, 0) is 50.9 Å². The molecule has 0 aliphatic rings. The van der Waals surface area contributed by atoms with Crippen molar-refractivity contribution in [3.63, 3.8) is 0 Å². The first-order valence-corrected chi connectivity index (χ1v) is 15.0. The predicted octanol–water partition coefficient (Wildman–Crippen LogP) is 8.29. The first-order valence-electron chi connectivity index (χ1n) is 15.0. The van der Waals surface area contributed by atoms with Crippen LogP contribution in [0.4, 0.5) is 4.79 Å². The maximum atomic E-state index is 14.1. The van der Waals surface area contributed by atoms with E-state index in [9.17, 15) is 14.7 Å². The minimum atomic E-state index is -1.08. The molecular formula is C39H30N2O5. The molecule has 3 N–H and O–H groups in total. The average molecular weight is 607 g/mol. The van der Waals surface area contributed by atoms with Crippen LogP contribution in [-0.2, 0) is 22.6 Å². The second-order valence-electron chi connectivity index (χ2n) is 11.1. The van der Waals surface area contributed by atoms with Crippen molar-refractivity contribution in [1.29, 1.82) is 0 Å². The smallest absolute Gasteiger partial charge is 0.408 e. The van der Waals surface area contributed by atoms with Crippen molar-refractivity contribution in [1.82, 2.24) is 10.3 Å². The molecule has 0 aliphatic heterocycles. The number of carbonyl (C=O) groups is 2. The lowest BCUT2D eigenvalue weighted by Crippen LogP contribution is -2.44. The van der Waals surface area contributed by atoms with Crippen molar-refractivity contribution in [3.8, 4) is 22.6 Å². The van der Waals surface area contributed by atoms with E-state index in [4.69, 9.17) is 9.47 Å². The number of esters is 1. The van der Waals surface area contributed by atoms with Crippen molar-refractivity contribution < 1.29 is 24.2 Å². The summed E-state index contributed by atoms with van der Waals surface area (Å²) in [6, 6.07) is 38.6. The molecule has 7 aromatic rings. The zero-order chi connectivity index (χ0) is 31.5. The topological polar surface area (TPSA) is 101 Å². The van der Waals surface area contributed by atoms with Crippen molar-refractivity contribution in [2.24, 2.45) is 0 Å². The Balaban J connectivity index is 1.26. The van der Waals surface area contributed by atoms with E-state index in [1.807, 2.05) is 121 Å². The maximum absolute atomic E-state index is 14.1. The molecule has 46 heavy (non-hydrogen) atoms. The number of aromatic nitrogens is 1. The second kappa shape index (κ2) is 12.5. The van der Waals surface area contributed by atoms with Crippen LogP contribution < -0.4 is 10.1 Å². The zero-order valence-electron chi connectivity index (χ0n) is 24.8. The molecule has 1 amide bonds. The summed E-state index contributed by atoms with van der Waals surface area (Å²) in [5.74, 6) is -0.345. The van der Waals surface area contributed by atoms with Gasteiger partial charge in [0.25, 0.3) is 0 Å². The summed E-state index contributed by atoms with van der Waals surface area (Å²) in [5, 5.41) is 18.4. The highest BCUT2D eigenvalue weighted by atomic mass is 16.6. The van der Waals surface area contributed by atoms with Gasteiger partial charge in [0.1, 0.15) is 24.1 Å². The number of aromatic amines is 1. The number of alkyl carbamates (subject to hydrolysis) is 1. The number of aromatic hydroxyl groups is 1. The fraction of sp³-hybridized carbons (Fsp3) is 0.0769. The van der Waals surface area contributed by atoms with Gasteiger partial charge in [-0.25, -0.2) is 9.59 Å². The van der Waals surface area contributed by atoms with Crippen LogP contribution in [0.3, 0.4) is 0 Å². The summed E-state index contributed by atoms with van der Waals surface area (Å²) in [6.45, 7) is 0.0523. The first kappa shape index (κ1) is 28.7. The molecule has 0 saturated carbocycles. The van der Waals surface area contributed by atoms with Crippen molar-refractivity contribution in [3.05, 3.63) is 145 Å². The fourth-order valence-corrected chi connectivity index (χ4v) is 5.92. The number of phenols is 1. The van der Waals surface area contributed by atoms with Crippen LogP contribution in [0.25, 0.3) is 43.6 Å². The van der Waals surface area contributed by atoms with Gasteiger partial charge >= 0.3 is 12.1 Å². The number of phenolic OH excluding ortho intramolecular Hbond substituents is 1. The average Bonchev–Trinajstić information content (AvgIpc) is 3.50. The van der Waals surface area contributed by atoms with Crippen LogP contribution in [0.1, 0.15) is 11.1 Å². The minimum Gasteiger partial charge on any atom is -0.507 e. The van der Waals surface area contributed by atoms with E-state index in [0.29, 0.717) is 11.1 Å². The quantitative estimate of drug-likeness (QED) is 0.119. The molecular weight excluding hydrogens is 576 g/mol. The summed E-state index contributed by atoms with van der Waals surface area (Å²) >= 11 is 0. The lowest BCUT2D eigenvalue weighted by atomic mass is 9.92. The summed E-state index contributed by atoms with van der Waals surface area (Å²) in [7, 11) is 0. The molecule has 1 atom stereocenters. The Morgan fingerprint density at radius 1 is 0.696 bits per heavy atom. The number of fused-ring (bicyclic) bond motifs is 3. The number of H-pyrrole nitrogens is 1. The number of carbonyl (C=O) groups excluding carboxylic acids is 2. The number of hydrogen-bond acceptors (Lipinski definition) is 5. The van der Waals surface area contributed by atoms with Crippen LogP contribution >= 0.6 is 0 Å². The van der Waals surface area contributed by atoms with E-state index >= 15 is 0 Å². The highest BCUT2D eigenvalue weighted by Crippen LogP contribution is 2.45. The Morgan fingerprint density at radius 2 is 1.33 bits per heavy atom. The molecule has 0 fully saturated rings. The highest BCUT2D eigenvalue weighted by Gasteiger charge is 2.27. The Hall–Kier alpha value is -6.08. The van der Waals surface area contributed by atoms with E-state index in [1.165, 1.54) is 0 Å². The number of rotatable bonds is 8. The Labute approximate surface area is 265 Å². The molecule has 0 radical (unpaired) electrons. The molecule has 0 unspecified atom stereocenters. The molecule has 0 spiro atoms. The number of ether oxygens (including phenoxy) is 2. The van der Waals surface area contributed by atoms with Gasteiger partial charge in [-0.3, -0.25) is 0 Å². The normalized spacial score (nSPS) is 11.8. The number of nitrogens with one attached hydrogen (secondary N) is 2. The van der Waals surface area contributed by atoms with Crippen LogP contribution in [0, 0.1) is 0 Å². The molecule has 0 saturated heterocycles. The van der Waals surface area contributed by atoms with Gasteiger partial charge in [0.2, 0.25) is 0 Å². The molecule has 1 heterocycles. The van der Waals surface area contributed by atoms with E-state index in [0.717, 1.165) is 43.6 Å². The van der Waals surface area contributed by atoms with Gasteiger partial charge in [-0.2, -0.15) is 0 Å². The maximum Gasteiger partial charge on any atom is 0.408 e. The van der Waals surface area contributed by atoms with E-state index < -0.39 is 18.1 Å². The van der Waals surface area contributed by atoms with E-state index in [2.05, 4.69) is 10.3 Å². The third kappa shape index (κ3) is 5.74. The molecule has 7 nitrogen and oxygen atoms in total. The van der Waals surface area contributed by atoms with Gasteiger partial charge in [0, 0.05) is 34.6 Å². The monoisotopic (exact) mass is 606 g/mol. The third-order valence-corrected chi connectivity index (χ3v) is 8.15. The summed E-state index contributed by atoms with van der Waals surface area (Å²) in [5.41, 5.74) is 3.72. The van der Waals surface area contributed by atoms with Crippen LogP contribution in [-0.4, -0.2) is 28.2 Å². The largest absolute Gasteiger partial charge is 0.507 e. The van der Waals surface area contributed by atoms with Gasteiger partial charge < -0.3 is 24.9 Å². The first-order chi connectivity index (χ1) is 22.5. The summed E-state index contributed by atoms with van der Waals surface area (Å²) in [6.07, 6.45) is 1.25. The van der Waals surface area contributed by atoms with E-state index in [-0.39, 0.29) is 24.5 Å². The van der Waals surface area contributed by atoms with Gasteiger partial charge in [-0.15, -0.1) is 0 Å². The van der Waals surface area contributed by atoms with Gasteiger partial charge in [0.15, 0.2) is 0 Å². The molecule has 7 heteroatoms. The SMILES string of the molecule is O=C(N[C@@H](Cc1c[nH]c2ccccc12)C(=O)Oc1ccc2ccccc2c1-c1c(O)ccc2ccccc12)OCc1ccccc1. The van der Waals surface area contributed by atoms with Crippen molar-refractivity contribution in [2.45, 2.75) is 19.1 Å². The van der Waals surface area contributed by atoms with Crippen LogP contribution in [0.5, 0.6) is 11.5 Å². The minimum absolute atomic E-state index is 0.0523. The second-order valence-corrected chi connectivity index (χ2v) is 11.1. The lowest BCUT2D eigenvalue weighted by Gasteiger charge is -2.20. The Bertz CT molecular complexity index is 2210. The molecule has 0 aliphatic carbocycles. The zero-order valence-corrected chi connectivity index (χ0v) is 24.8. The summed E-state index contributed by atoms with van der Waals surface area (Å²) < 4.78 is 11.6. The number of para-hydroxylation sites is 1. The molecule has 1 aromatic heterocycles. The fourth-order valence-electron chi connectivity index (χ4n) is 5.92. The lowest BCUT2D eigenvalue weighted by molar-refractivity contribution is -0.136. The molecule has 226 valence electrons. The highest BCUT2D eigenvalue weighted by molar-refractivity contribution is 6.10. The Morgan fingerprint density at radius 3 is 2.09 bits per heavy atom. The Kier molecular flexibility index (Phi) is 7.79. The predicted molar refractivity (Wildman–Crippen MR) is 180 cm³/mol. The van der Waals surface area contributed by atoms with Gasteiger partial charge in [-0.1, -0.05) is 109 Å². The number of amides is 1. The van der Waals surface area contributed by atoms with Crippen molar-refractivity contribution in [2.75, 3.05) is 0 Å². The summed E-state index contributed by atoms with van der Waals surface area (Å²) in [4.78, 5) is 30.4. The standard InChI is InChI=1S/C39H30N2O5/c42-34-20-18-26-12-4-6-15-30(26)36(34)37-31-16-7-5-13-27(31)19-21-35(37)46-38(43)33(22-28-23-40-32-17-9-8-14-29(28)32)41-39(44)45-24-25-10-2-1-3-11-25/h1-21,23,33,40,42H,22,24H2,(H,41,44)/t33-/m0/s1. The van der Waals surface area contributed by atoms with Crippen LogP contribution in [0.15, 0.2) is 134 Å². The van der Waals surface area contributed by atoms with Crippen LogP contribution in [0.2, 0.25) is 0 Å². The number of hydrogen-bond donors (Lipinski definition) is 3. The van der Waals surface area contributed by atoms with Gasteiger partial charge in [0.05, 0.1) is 0 Å². The molecule has 0 bridgehead atoms. The third-order valence-electron chi connectivity index (χ3n) is 8.15. The molecule has 7 rings (SSSR count). The number of benzene rings is 6. The van der Waals surface area contributed by atoms with E-state index in [1.54, 1.807) is 12.1 Å². The van der Waals surface area contributed by atoms with Crippen molar-refractivity contribution >= 4 is 44.5 Å².